The second-order valence-electron chi connectivity index (χ2n) is 7.37. The predicted molar refractivity (Wildman–Crippen MR) is 98.4 cm³/mol. The number of nitrogens with zero attached hydrogens (tertiary/aromatic N) is 4. The molecular weight excluding hydrogens is 452 g/mol. The second-order valence-corrected chi connectivity index (χ2v) is 7.75. The minimum absolute atomic E-state index is 0.0105. The van der Waals surface area contributed by atoms with Gasteiger partial charge in [-0.25, -0.2) is 0 Å². The van der Waals surface area contributed by atoms with Crippen molar-refractivity contribution in [1.29, 1.82) is 0 Å². The van der Waals surface area contributed by atoms with Crippen molar-refractivity contribution < 1.29 is 31.1 Å². The van der Waals surface area contributed by atoms with Crippen molar-refractivity contribution in [2.45, 2.75) is 64.0 Å². The van der Waals surface area contributed by atoms with E-state index in [9.17, 15) is 31.1 Å². The number of hydrogen-bond acceptors (Lipinski definition) is 3. The predicted octanol–water partition coefficient (Wildman–Crippen LogP) is 4.55. The van der Waals surface area contributed by atoms with E-state index in [1.807, 2.05) is 0 Å². The third-order valence-electron chi connectivity index (χ3n) is 4.92. The second kappa shape index (κ2) is 8.71. The number of carbonyl (C=O) groups excluding carboxylic acids is 1. The Bertz CT molecular complexity index is 945. The summed E-state index contributed by atoms with van der Waals surface area (Å²) in [5.41, 5.74) is -1.47. The average molecular weight is 472 g/mol. The van der Waals surface area contributed by atoms with Crippen LogP contribution in [-0.2, 0) is 30.2 Å². The number of hydrogen-bond donors (Lipinski definition) is 1. The molecular formula is C18H20ClF6N5O. The molecule has 2 aromatic heterocycles. The van der Waals surface area contributed by atoms with Crippen molar-refractivity contribution in [3.63, 3.8) is 0 Å². The Morgan fingerprint density at radius 2 is 1.81 bits per heavy atom. The molecule has 1 aliphatic rings. The van der Waals surface area contributed by atoms with E-state index in [4.69, 9.17) is 11.6 Å². The fourth-order valence-corrected chi connectivity index (χ4v) is 3.37. The largest absolute Gasteiger partial charge is 0.436 e. The van der Waals surface area contributed by atoms with Gasteiger partial charge in [0.1, 0.15) is 0 Å². The number of halogens is 7. The zero-order chi connectivity index (χ0) is 23.0. The Morgan fingerprint density at radius 3 is 2.35 bits per heavy atom. The Hall–Kier alpha value is -2.24. The van der Waals surface area contributed by atoms with Crippen LogP contribution in [0.15, 0.2) is 6.07 Å². The molecule has 2 heterocycles. The molecule has 6 nitrogen and oxygen atoms in total. The molecule has 1 N–H and O–H groups in total. The number of aryl methyl sites for hydroxylation is 2. The summed E-state index contributed by atoms with van der Waals surface area (Å²) in [5, 5.41) is 9.20. The normalized spacial score (nSPS) is 14.8. The highest BCUT2D eigenvalue weighted by molar-refractivity contribution is 6.31. The molecule has 0 bridgehead atoms. The summed E-state index contributed by atoms with van der Waals surface area (Å²) in [5.74, 6) is -0.352. The molecule has 0 radical (unpaired) electrons. The Labute approximate surface area is 178 Å². The summed E-state index contributed by atoms with van der Waals surface area (Å²) < 4.78 is 79.5. The maximum Gasteiger partial charge on any atom is 0.436 e. The lowest BCUT2D eigenvalue weighted by atomic mass is 10.2. The highest BCUT2D eigenvalue weighted by Gasteiger charge is 2.39. The summed E-state index contributed by atoms with van der Waals surface area (Å²) in [6, 6.07) is 1.03. The van der Waals surface area contributed by atoms with Gasteiger partial charge >= 0.3 is 12.4 Å². The Morgan fingerprint density at radius 1 is 1.13 bits per heavy atom. The van der Waals surface area contributed by atoms with Gasteiger partial charge in [0, 0.05) is 37.7 Å². The zero-order valence-electron chi connectivity index (χ0n) is 16.4. The summed E-state index contributed by atoms with van der Waals surface area (Å²) in [6.07, 6.45) is -7.38. The first-order valence-electron chi connectivity index (χ1n) is 9.59. The van der Waals surface area contributed by atoms with Gasteiger partial charge < -0.3 is 5.32 Å². The lowest BCUT2D eigenvalue weighted by Crippen LogP contribution is -2.26. The molecule has 2 aromatic rings. The molecule has 3 rings (SSSR count). The molecule has 31 heavy (non-hydrogen) atoms. The third kappa shape index (κ3) is 5.72. The van der Waals surface area contributed by atoms with Crippen molar-refractivity contribution in [2.75, 3.05) is 6.54 Å². The van der Waals surface area contributed by atoms with Gasteiger partial charge in [0.15, 0.2) is 11.4 Å². The molecule has 1 amide bonds. The molecule has 0 atom stereocenters. The first-order chi connectivity index (χ1) is 14.4. The smallest absolute Gasteiger partial charge is 0.356 e. The number of rotatable bonds is 8. The van der Waals surface area contributed by atoms with Gasteiger partial charge in [0.2, 0.25) is 5.91 Å². The van der Waals surface area contributed by atoms with Crippen molar-refractivity contribution in [3.8, 4) is 0 Å². The van der Waals surface area contributed by atoms with Gasteiger partial charge in [-0.05, 0) is 32.3 Å². The van der Waals surface area contributed by atoms with E-state index < -0.39 is 34.7 Å². The first kappa shape index (κ1) is 23.4. The highest BCUT2D eigenvalue weighted by Crippen LogP contribution is 2.42. The van der Waals surface area contributed by atoms with E-state index in [0.717, 1.165) is 23.6 Å². The topological polar surface area (TPSA) is 64.7 Å². The van der Waals surface area contributed by atoms with Crippen LogP contribution in [-0.4, -0.2) is 32.0 Å². The molecule has 172 valence electrons. The van der Waals surface area contributed by atoms with Crippen molar-refractivity contribution in [3.05, 3.63) is 33.9 Å². The van der Waals surface area contributed by atoms with E-state index >= 15 is 0 Å². The summed E-state index contributed by atoms with van der Waals surface area (Å²) in [4.78, 5) is 12.0. The minimum atomic E-state index is -4.65. The summed E-state index contributed by atoms with van der Waals surface area (Å²) in [6.45, 7) is 1.71. The number of alkyl halides is 6. The van der Waals surface area contributed by atoms with Crippen LogP contribution < -0.4 is 5.32 Å². The zero-order valence-corrected chi connectivity index (χ0v) is 17.2. The van der Waals surface area contributed by atoms with Crippen LogP contribution in [0, 0.1) is 6.92 Å². The van der Waals surface area contributed by atoms with E-state index in [-0.39, 0.29) is 37.7 Å². The fraction of sp³-hybridized carbons (Fsp3) is 0.611. The van der Waals surface area contributed by atoms with Gasteiger partial charge in [-0.2, -0.15) is 36.5 Å². The SMILES string of the molecule is Cc1c(Cl)c(C(F)(F)F)nn1CCCNC(=O)CCn1nc(C(F)(F)F)cc1C1CC1. The quantitative estimate of drug-likeness (QED) is 0.454. The Kier molecular flexibility index (Phi) is 6.59. The Balaban J connectivity index is 1.47. The van der Waals surface area contributed by atoms with Crippen LogP contribution in [0.5, 0.6) is 0 Å². The molecule has 0 aromatic carbocycles. The van der Waals surface area contributed by atoms with Crippen molar-refractivity contribution in [1.82, 2.24) is 24.9 Å². The molecule has 1 aliphatic carbocycles. The van der Waals surface area contributed by atoms with Gasteiger partial charge in [0.25, 0.3) is 0 Å². The minimum Gasteiger partial charge on any atom is -0.356 e. The van der Waals surface area contributed by atoms with E-state index in [1.54, 1.807) is 0 Å². The molecule has 0 aliphatic heterocycles. The maximum atomic E-state index is 12.9. The van der Waals surface area contributed by atoms with Gasteiger partial charge in [-0.15, -0.1) is 0 Å². The first-order valence-corrected chi connectivity index (χ1v) is 9.97. The molecule has 1 fully saturated rings. The van der Waals surface area contributed by atoms with E-state index in [0.29, 0.717) is 12.1 Å². The summed E-state index contributed by atoms with van der Waals surface area (Å²) >= 11 is 5.68. The fourth-order valence-electron chi connectivity index (χ4n) is 3.13. The van der Waals surface area contributed by atoms with Crippen LogP contribution in [0.4, 0.5) is 26.3 Å². The van der Waals surface area contributed by atoms with E-state index in [2.05, 4.69) is 15.5 Å². The monoisotopic (exact) mass is 471 g/mol. The maximum absolute atomic E-state index is 12.9. The molecule has 13 heteroatoms. The van der Waals surface area contributed by atoms with Crippen LogP contribution >= 0.6 is 11.6 Å². The standard InChI is InChI=1S/C18H20ClF6N5O/c1-10-15(19)16(18(23,24)25)28-29(10)7-2-6-26-14(31)5-8-30-12(11-3-4-11)9-13(27-30)17(20,21)22/h9,11H,2-8H2,1H3,(H,26,31). The number of nitrogens with one attached hydrogen (secondary N) is 1. The van der Waals surface area contributed by atoms with Crippen LogP contribution in [0.2, 0.25) is 5.02 Å². The third-order valence-corrected chi connectivity index (χ3v) is 5.37. The molecule has 0 unspecified atom stereocenters. The van der Waals surface area contributed by atoms with Gasteiger partial charge in [-0.3, -0.25) is 14.2 Å². The lowest BCUT2D eigenvalue weighted by Gasteiger charge is -2.09. The number of aromatic nitrogens is 4. The molecule has 0 spiro atoms. The van der Waals surface area contributed by atoms with E-state index in [1.165, 1.54) is 11.6 Å². The van der Waals surface area contributed by atoms with Crippen molar-refractivity contribution in [2.24, 2.45) is 0 Å². The lowest BCUT2D eigenvalue weighted by molar-refractivity contribution is -0.142. The van der Waals surface area contributed by atoms with Crippen LogP contribution in [0.3, 0.4) is 0 Å². The van der Waals surface area contributed by atoms with Crippen molar-refractivity contribution >= 4 is 17.5 Å². The van der Waals surface area contributed by atoms with Crippen LogP contribution in [0.25, 0.3) is 0 Å². The van der Waals surface area contributed by atoms with Gasteiger partial charge in [-0.1, -0.05) is 11.6 Å². The molecule has 1 saturated carbocycles. The van der Waals surface area contributed by atoms with Gasteiger partial charge in [0.05, 0.1) is 10.7 Å². The highest BCUT2D eigenvalue weighted by atomic mass is 35.5. The average Bonchev–Trinajstić information content (AvgIpc) is 3.34. The number of carbonyl (C=O) groups is 1. The molecule has 0 saturated heterocycles. The summed E-state index contributed by atoms with van der Waals surface area (Å²) in [7, 11) is 0. The number of amides is 1. The van der Waals surface area contributed by atoms with Crippen LogP contribution in [0.1, 0.15) is 54.4 Å².